The van der Waals surface area contributed by atoms with Gasteiger partial charge in [-0.05, 0) is 31.4 Å². The second kappa shape index (κ2) is 7.42. The Kier molecular flexibility index (Phi) is 5.83. The van der Waals surface area contributed by atoms with Crippen LogP contribution in [0.4, 0.5) is 0 Å². The van der Waals surface area contributed by atoms with Crippen LogP contribution in [0.1, 0.15) is 52.5 Å². The van der Waals surface area contributed by atoms with Crippen LogP contribution in [0.25, 0.3) is 0 Å². The van der Waals surface area contributed by atoms with Crippen LogP contribution in [0.2, 0.25) is 0 Å². The van der Waals surface area contributed by atoms with Crippen LogP contribution in [0.3, 0.4) is 0 Å². The summed E-state index contributed by atoms with van der Waals surface area (Å²) in [6.07, 6.45) is 3.84. The van der Waals surface area contributed by atoms with Crippen molar-refractivity contribution >= 4 is 0 Å². The monoisotopic (exact) mass is 288 g/mol. The number of nitrogens with zero attached hydrogens (tertiary/aromatic N) is 1. The minimum Gasteiger partial charge on any atom is -0.305 e. The molecule has 0 saturated carbocycles. The maximum absolute atomic E-state index is 3.84. The van der Waals surface area contributed by atoms with Crippen molar-refractivity contribution < 1.29 is 0 Å². The van der Waals surface area contributed by atoms with Gasteiger partial charge in [0.05, 0.1) is 5.54 Å². The van der Waals surface area contributed by atoms with Gasteiger partial charge in [0.25, 0.3) is 0 Å². The molecule has 2 nitrogen and oxygen atoms in total. The van der Waals surface area contributed by atoms with Crippen molar-refractivity contribution in [3.8, 4) is 0 Å². The molecule has 1 saturated heterocycles. The van der Waals surface area contributed by atoms with E-state index in [-0.39, 0.29) is 5.54 Å². The fraction of sp³-hybridized carbons (Fsp3) is 0.684. The highest BCUT2D eigenvalue weighted by atomic mass is 15.3. The van der Waals surface area contributed by atoms with E-state index >= 15 is 0 Å². The Hall–Kier alpha value is -0.860. The van der Waals surface area contributed by atoms with Crippen LogP contribution in [-0.4, -0.2) is 30.6 Å². The van der Waals surface area contributed by atoms with Gasteiger partial charge < -0.3 is 5.32 Å². The molecule has 3 unspecified atom stereocenters. The van der Waals surface area contributed by atoms with Crippen molar-refractivity contribution in [2.45, 2.75) is 58.5 Å². The third kappa shape index (κ3) is 3.87. The second-order valence-electron chi connectivity index (χ2n) is 6.86. The number of benzene rings is 1. The summed E-state index contributed by atoms with van der Waals surface area (Å²) < 4.78 is 0. The summed E-state index contributed by atoms with van der Waals surface area (Å²) in [7, 11) is 0. The summed E-state index contributed by atoms with van der Waals surface area (Å²) in [5, 5.41) is 3.84. The Labute approximate surface area is 130 Å². The van der Waals surface area contributed by atoms with Gasteiger partial charge in [-0.1, -0.05) is 63.9 Å². The maximum Gasteiger partial charge on any atom is 0.0535 e. The van der Waals surface area contributed by atoms with Gasteiger partial charge in [-0.15, -0.1) is 0 Å². The number of rotatable bonds is 6. The largest absolute Gasteiger partial charge is 0.305 e. The van der Waals surface area contributed by atoms with Crippen LogP contribution < -0.4 is 5.32 Å². The lowest BCUT2D eigenvalue weighted by atomic mass is 9.85. The van der Waals surface area contributed by atoms with E-state index in [1.807, 2.05) is 0 Å². The normalized spacial score (nSPS) is 28.5. The Morgan fingerprint density at radius 1 is 1.29 bits per heavy atom. The molecule has 2 rings (SSSR count). The van der Waals surface area contributed by atoms with E-state index in [0.29, 0.717) is 6.04 Å². The second-order valence-corrected chi connectivity index (χ2v) is 6.86. The van der Waals surface area contributed by atoms with Crippen LogP contribution in [-0.2, 0) is 5.54 Å². The minimum absolute atomic E-state index is 0.0823. The Bertz CT molecular complexity index is 417. The predicted octanol–water partition coefficient (Wildman–Crippen LogP) is 4.02. The van der Waals surface area contributed by atoms with Gasteiger partial charge in [0.2, 0.25) is 0 Å². The van der Waals surface area contributed by atoms with Crippen LogP contribution in [0.15, 0.2) is 30.3 Å². The first-order valence-corrected chi connectivity index (χ1v) is 8.65. The lowest BCUT2D eigenvalue weighted by molar-refractivity contribution is 0.0544. The molecule has 1 fully saturated rings. The fourth-order valence-corrected chi connectivity index (χ4v) is 3.48. The van der Waals surface area contributed by atoms with Crippen molar-refractivity contribution in [3.05, 3.63) is 35.9 Å². The minimum atomic E-state index is 0.0823. The number of hydrogen-bond donors (Lipinski definition) is 1. The molecule has 1 aliphatic rings. The first-order valence-electron chi connectivity index (χ1n) is 8.65. The molecule has 118 valence electrons. The van der Waals surface area contributed by atoms with Crippen molar-refractivity contribution in [3.63, 3.8) is 0 Å². The van der Waals surface area contributed by atoms with Crippen LogP contribution in [0.5, 0.6) is 0 Å². The highest BCUT2D eigenvalue weighted by molar-refractivity contribution is 5.25. The quantitative estimate of drug-likeness (QED) is 0.850. The molecule has 0 aliphatic carbocycles. The fourth-order valence-electron chi connectivity index (χ4n) is 3.48. The zero-order valence-corrected chi connectivity index (χ0v) is 14.2. The summed E-state index contributed by atoms with van der Waals surface area (Å²) in [5.74, 6) is 0.759. The molecule has 1 N–H and O–H groups in total. The molecular weight excluding hydrogens is 256 g/mol. The number of hydrogen-bond acceptors (Lipinski definition) is 2. The van der Waals surface area contributed by atoms with Gasteiger partial charge in [-0.3, -0.25) is 4.90 Å². The molecule has 1 aliphatic heterocycles. The zero-order chi connectivity index (χ0) is 15.3. The molecule has 1 aromatic rings. The molecule has 3 atom stereocenters. The molecule has 0 radical (unpaired) electrons. The molecule has 2 heteroatoms. The average molecular weight is 288 g/mol. The molecule has 0 amide bonds. The lowest BCUT2D eigenvalue weighted by Gasteiger charge is -2.48. The third-order valence-corrected chi connectivity index (χ3v) is 5.20. The van der Waals surface area contributed by atoms with E-state index in [1.54, 1.807) is 0 Å². The molecule has 0 bridgehead atoms. The van der Waals surface area contributed by atoms with E-state index in [2.05, 4.69) is 68.2 Å². The summed E-state index contributed by atoms with van der Waals surface area (Å²) in [5.41, 5.74) is 1.49. The summed E-state index contributed by atoms with van der Waals surface area (Å²) in [4.78, 5) is 2.74. The first kappa shape index (κ1) is 16.5. The third-order valence-electron chi connectivity index (χ3n) is 5.20. The van der Waals surface area contributed by atoms with Gasteiger partial charge in [-0.25, -0.2) is 0 Å². The Balaban J connectivity index is 2.15. The SMILES string of the molecule is CCCCN1CC(C)(c2ccccc2)NCC1C(C)CC. The summed E-state index contributed by atoms with van der Waals surface area (Å²) in [6, 6.07) is 11.6. The van der Waals surface area contributed by atoms with E-state index in [1.165, 1.54) is 31.4 Å². The van der Waals surface area contributed by atoms with Gasteiger partial charge in [-0.2, -0.15) is 0 Å². The Morgan fingerprint density at radius 2 is 2.00 bits per heavy atom. The van der Waals surface area contributed by atoms with Gasteiger partial charge >= 0.3 is 0 Å². The predicted molar refractivity (Wildman–Crippen MR) is 91.5 cm³/mol. The highest BCUT2D eigenvalue weighted by Crippen LogP contribution is 2.29. The molecule has 21 heavy (non-hydrogen) atoms. The summed E-state index contributed by atoms with van der Waals surface area (Å²) in [6.45, 7) is 12.8. The number of unbranched alkanes of at least 4 members (excludes halogenated alkanes) is 1. The summed E-state index contributed by atoms with van der Waals surface area (Å²) >= 11 is 0. The van der Waals surface area contributed by atoms with E-state index < -0.39 is 0 Å². The van der Waals surface area contributed by atoms with Gasteiger partial charge in [0, 0.05) is 19.1 Å². The van der Waals surface area contributed by atoms with Crippen molar-refractivity contribution in [1.29, 1.82) is 0 Å². The van der Waals surface area contributed by atoms with Crippen LogP contribution in [0, 0.1) is 5.92 Å². The smallest absolute Gasteiger partial charge is 0.0535 e. The topological polar surface area (TPSA) is 15.3 Å². The van der Waals surface area contributed by atoms with Crippen molar-refractivity contribution in [1.82, 2.24) is 10.2 Å². The Morgan fingerprint density at radius 3 is 2.62 bits per heavy atom. The molecule has 0 spiro atoms. The van der Waals surface area contributed by atoms with E-state index in [4.69, 9.17) is 0 Å². The molecular formula is C19H32N2. The standard InChI is InChI=1S/C19H32N2/c1-5-7-13-21-15-19(4,17-11-9-8-10-12-17)20-14-18(21)16(3)6-2/h8-12,16,18,20H,5-7,13-15H2,1-4H3. The van der Waals surface area contributed by atoms with E-state index in [0.717, 1.165) is 19.0 Å². The molecule has 1 aromatic carbocycles. The highest BCUT2D eigenvalue weighted by Gasteiger charge is 2.38. The van der Waals surface area contributed by atoms with Gasteiger partial charge in [0.1, 0.15) is 0 Å². The van der Waals surface area contributed by atoms with Crippen molar-refractivity contribution in [2.75, 3.05) is 19.6 Å². The number of nitrogens with one attached hydrogen (secondary N) is 1. The van der Waals surface area contributed by atoms with Gasteiger partial charge in [0.15, 0.2) is 0 Å². The van der Waals surface area contributed by atoms with E-state index in [9.17, 15) is 0 Å². The zero-order valence-electron chi connectivity index (χ0n) is 14.2. The van der Waals surface area contributed by atoms with Crippen LogP contribution >= 0.6 is 0 Å². The lowest BCUT2D eigenvalue weighted by Crippen LogP contribution is -2.62. The first-order chi connectivity index (χ1) is 10.1. The van der Waals surface area contributed by atoms with Crippen molar-refractivity contribution in [2.24, 2.45) is 5.92 Å². The molecule has 0 aromatic heterocycles. The molecule has 1 heterocycles. The number of piperazine rings is 1. The maximum atomic E-state index is 3.84. The average Bonchev–Trinajstić information content (AvgIpc) is 2.53.